The number of hydrogen-bond acceptors (Lipinski definition) is 3. The Bertz CT molecular complexity index is 522. The molecule has 0 saturated carbocycles. The molecule has 1 atom stereocenters. The van der Waals surface area contributed by atoms with Crippen molar-refractivity contribution < 1.29 is 0 Å². The van der Waals surface area contributed by atoms with Crippen LogP contribution in [0, 0.1) is 6.92 Å². The van der Waals surface area contributed by atoms with Gasteiger partial charge in [0.1, 0.15) is 5.01 Å². The van der Waals surface area contributed by atoms with Crippen LogP contribution in [0.1, 0.15) is 23.5 Å². The Balaban J connectivity index is 2.45. The first-order valence-corrected chi connectivity index (χ1v) is 6.72. The quantitative estimate of drug-likeness (QED) is 0.907. The van der Waals surface area contributed by atoms with Crippen molar-refractivity contribution in [3.05, 3.63) is 39.9 Å². The summed E-state index contributed by atoms with van der Waals surface area (Å²) in [6, 6.07) is 8.15. The first-order valence-electron chi connectivity index (χ1n) is 5.53. The number of rotatable bonds is 3. The molecule has 0 amide bonds. The maximum Gasteiger partial charge on any atom is 0.125 e. The first-order chi connectivity index (χ1) is 8.13. The van der Waals surface area contributed by atoms with Crippen LogP contribution in [-0.4, -0.2) is 12.0 Å². The molecule has 0 aliphatic heterocycles. The van der Waals surface area contributed by atoms with E-state index in [0.717, 1.165) is 21.3 Å². The summed E-state index contributed by atoms with van der Waals surface area (Å²) in [5, 5.41) is 4.98. The largest absolute Gasteiger partial charge is 0.312 e. The zero-order valence-electron chi connectivity index (χ0n) is 10.1. The number of benzene rings is 1. The molecule has 1 heterocycles. The molecule has 0 aliphatic carbocycles. The normalized spacial score (nSPS) is 12.7. The summed E-state index contributed by atoms with van der Waals surface area (Å²) >= 11 is 7.89. The fourth-order valence-corrected chi connectivity index (χ4v) is 3.14. The standard InChI is InChI=1S/C13H15ClN2S/c1-8(15-3)12-9(2)16-13(17-12)10-6-4-5-7-11(10)14/h4-8,15H,1-3H3. The minimum atomic E-state index is 0.323. The third-order valence-corrected chi connectivity index (χ3v) is 4.47. The number of nitrogens with zero attached hydrogens (tertiary/aromatic N) is 1. The average molecular weight is 267 g/mol. The summed E-state index contributed by atoms with van der Waals surface area (Å²) < 4.78 is 0. The van der Waals surface area contributed by atoms with Gasteiger partial charge < -0.3 is 5.32 Å². The zero-order valence-corrected chi connectivity index (χ0v) is 11.7. The number of thiazole rings is 1. The maximum atomic E-state index is 6.18. The van der Waals surface area contributed by atoms with E-state index >= 15 is 0 Å². The average Bonchev–Trinajstić information content (AvgIpc) is 2.71. The highest BCUT2D eigenvalue weighted by atomic mass is 35.5. The highest BCUT2D eigenvalue weighted by molar-refractivity contribution is 7.15. The monoisotopic (exact) mass is 266 g/mol. The maximum absolute atomic E-state index is 6.18. The summed E-state index contributed by atoms with van der Waals surface area (Å²) in [4.78, 5) is 5.87. The third kappa shape index (κ3) is 2.51. The van der Waals surface area contributed by atoms with Crippen molar-refractivity contribution in [3.63, 3.8) is 0 Å². The van der Waals surface area contributed by atoms with Crippen LogP contribution in [0.4, 0.5) is 0 Å². The molecule has 1 unspecified atom stereocenters. The molecule has 17 heavy (non-hydrogen) atoms. The van der Waals surface area contributed by atoms with Gasteiger partial charge in [-0.1, -0.05) is 29.8 Å². The van der Waals surface area contributed by atoms with Gasteiger partial charge in [0.15, 0.2) is 0 Å². The van der Waals surface area contributed by atoms with Crippen LogP contribution in [-0.2, 0) is 0 Å². The van der Waals surface area contributed by atoms with E-state index in [1.807, 2.05) is 38.2 Å². The number of nitrogens with one attached hydrogen (secondary N) is 1. The lowest BCUT2D eigenvalue weighted by Gasteiger charge is -2.07. The van der Waals surface area contributed by atoms with Gasteiger partial charge in [0.25, 0.3) is 0 Å². The van der Waals surface area contributed by atoms with E-state index in [1.54, 1.807) is 11.3 Å². The van der Waals surface area contributed by atoms with Crippen LogP contribution in [0.5, 0.6) is 0 Å². The van der Waals surface area contributed by atoms with E-state index in [-0.39, 0.29) is 0 Å². The fraction of sp³-hybridized carbons (Fsp3) is 0.308. The van der Waals surface area contributed by atoms with Crippen LogP contribution >= 0.6 is 22.9 Å². The lowest BCUT2D eigenvalue weighted by molar-refractivity contribution is 0.658. The van der Waals surface area contributed by atoms with Gasteiger partial charge in [-0.3, -0.25) is 0 Å². The van der Waals surface area contributed by atoms with Crippen LogP contribution in [0.25, 0.3) is 10.6 Å². The molecule has 0 saturated heterocycles. The predicted molar refractivity (Wildman–Crippen MR) is 74.8 cm³/mol. The Morgan fingerprint density at radius 3 is 2.71 bits per heavy atom. The van der Waals surface area contributed by atoms with Crippen molar-refractivity contribution in [3.8, 4) is 10.6 Å². The summed E-state index contributed by atoms with van der Waals surface area (Å²) in [6.45, 7) is 4.18. The number of halogens is 1. The second kappa shape index (κ2) is 5.17. The Hall–Kier alpha value is -0.900. The van der Waals surface area contributed by atoms with Gasteiger partial charge in [-0.15, -0.1) is 11.3 Å². The van der Waals surface area contributed by atoms with Crippen molar-refractivity contribution in [2.45, 2.75) is 19.9 Å². The second-order valence-corrected chi connectivity index (χ2v) is 5.40. The smallest absolute Gasteiger partial charge is 0.125 e. The van der Waals surface area contributed by atoms with E-state index in [4.69, 9.17) is 11.6 Å². The molecule has 0 aliphatic rings. The molecule has 0 fully saturated rings. The SMILES string of the molecule is CNC(C)c1sc(-c2ccccc2Cl)nc1C. The predicted octanol–water partition coefficient (Wildman–Crippen LogP) is 4.05. The molecule has 1 aromatic carbocycles. The molecule has 4 heteroatoms. The lowest BCUT2D eigenvalue weighted by atomic mass is 10.2. The van der Waals surface area contributed by atoms with Crippen molar-refractivity contribution >= 4 is 22.9 Å². The summed E-state index contributed by atoms with van der Waals surface area (Å²) in [6.07, 6.45) is 0. The third-order valence-electron chi connectivity index (χ3n) is 2.76. The lowest BCUT2D eigenvalue weighted by Crippen LogP contribution is -2.11. The van der Waals surface area contributed by atoms with Gasteiger partial charge in [0, 0.05) is 16.5 Å². The number of aromatic nitrogens is 1. The highest BCUT2D eigenvalue weighted by Gasteiger charge is 2.15. The van der Waals surface area contributed by atoms with Crippen molar-refractivity contribution in [2.75, 3.05) is 7.05 Å². The van der Waals surface area contributed by atoms with Gasteiger partial charge in [0.05, 0.1) is 10.7 Å². The number of aryl methyl sites for hydroxylation is 1. The molecule has 1 N–H and O–H groups in total. The molecule has 2 aromatic rings. The minimum Gasteiger partial charge on any atom is -0.312 e. The molecule has 2 rings (SSSR count). The second-order valence-electron chi connectivity index (χ2n) is 3.96. The zero-order chi connectivity index (χ0) is 12.4. The van der Waals surface area contributed by atoms with Crippen LogP contribution in [0.3, 0.4) is 0 Å². The Morgan fingerprint density at radius 1 is 1.35 bits per heavy atom. The summed E-state index contributed by atoms with van der Waals surface area (Å²) in [5.74, 6) is 0. The number of hydrogen-bond donors (Lipinski definition) is 1. The molecule has 0 radical (unpaired) electrons. The van der Waals surface area contributed by atoms with Gasteiger partial charge >= 0.3 is 0 Å². The Morgan fingerprint density at radius 2 is 2.06 bits per heavy atom. The van der Waals surface area contributed by atoms with E-state index in [9.17, 15) is 0 Å². The van der Waals surface area contributed by atoms with E-state index in [2.05, 4.69) is 17.2 Å². The summed E-state index contributed by atoms with van der Waals surface area (Å²) in [7, 11) is 1.96. The van der Waals surface area contributed by atoms with Crippen LogP contribution in [0.2, 0.25) is 5.02 Å². The Kier molecular flexibility index (Phi) is 3.82. The van der Waals surface area contributed by atoms with Crippen LogP contribution < -0.4 is 5.32 Å². The molecule has 90 valence electrons. The van der Waals surface area contributed by atoms with Gasteiger partial charge in [0.2, 0.25) is 0 Å². The fourth-order valence-electron chi connectivity index (χ4n) is 1.69. The van der Waals surface area contributed by atoms with Crippen molar-refractivity contribution in [1.82, 2.24) is 10.3 Å². The molecular weight excluding hydrogens is 252 g/mol. The molecule has 2 nitrogen and oxygen atoms in total. The first kappa shape index (κ1) is 12.6. The topological polar surface area (TPSA) is 24.9 Å². The molecule has 0 spiro atoms. The molecule has 0 bridgehead atoms. The molecule has 1 aromatic heterocycles. The van der Waals surface area contributed by atoms with Gasteiger partial charge in [-0.2, -0.15) is 0 Å². The van der Waals surface area contributed by atoms with E-state index in [0.29, 0.717) is 6.04 Å². The van der Waals surface area contributed by atoms with Gasteiger partial charge in [-0.05, 0) is 27.0 Å². The van der Waals surface area contributed by atoms with Crippen LogP contribution in [0.15, 0.2) is 24.3 Å². The van der Waals surface area contributed by atoms with Gasteiger partial charge in [-0.25, -0.2) is 4.98 Å². The van der Waals surface area contributed by atoms with Crippen molar-refractivity contribution in [2.24, 2.45) is 0 Å². The van der Waals surface area contributed by atoms with E-state index < -0.39 is 0 Å². The Labute approximate surface area is 111 Å². The minimum absolute atomic E-state index is 0.323. The summed E-state index contributed by atoms with van der Waals surface area (Å²) in [5.41, 5.74) is 2.09. The van der Waals surface area contributed by atoms with E-state index in [1.165, 1.54) is 4.88 Å². The molecular formula is C13H15ClN2S. The highest BCUT2D eigenvalue weighted by Crippen LogP contribution is 2.34. The van der Waals surface area contributed by atoms with Crippen molar-refractivity contribution in [1.29, 1.82) is 0 Å².